The second kappa shape index (κ2) is 4.19. The van der Waals surface area contributed by atoms with Gasteiger partial charge in [-0.05, 0) is 23.6 Å². The summed E-state index contributed by atoms with van der Waals surface area (Å²) >= 11 is 5.81. The van der Waals surface area contributed by atoms with Crippen LogP contribution in [0.5, 0.6) is 0 Å². The molecule has 80 valence electrons. The third kappa shape index (κ3) is 2.12. The molecule has 15 heavy (non-hydrogen) atoms. The Bertz CT molecular complexity index is 392. The molecule has 0 N–H and O–H groups in total. The minimum absolute atomic E-state index is 0.204. The molecule has 2 rings (SSSR count). The van der Waals surface area contributed by atoms with Crippen LogP contribution in [0.4, 0.5) is 0 Å². The molecule has 0 atom stereocenters. The third-order valence-electron chi connectivity index (χ3n) is 2.72. The van der Waals surface area contributed by atoms with Gasteiger partial charge in [0.1, 0.15) is 5.15 Å². The summed E-state index contributed by atoms with van der Waals surface area (Å²) in [5, 5.41) is 0.531. The van der Waals surface area contributed by atoms with Gasteiger partial charge in [0.15, 0.2) is 0 Å². The highest BCUT2D eigenvalue weighted by atomic mass is 35.5. The quantitative estimate of drug-likeness (QED) is 0.684. The van der Waals surface area contributed by atoms with Crippen LogP contribution in [0, 0.1) is 0 Å². The third-order valence-corrected chi connectivity index (χ3v) is 2.92. The van der Waals surface area contributed by atoms with Gasteiger partial charge < -0.3 is 4.90 Å². The topological polar surface area (TPSA) is 33.2 Å². The van der Waals surface area contributed by atoms with Crippen molar-refractivity contribution >= 4 is 17.5 Å². The summed E-state index contributed by atoms with van der Waals surface area (Å²) in [5.41, 5.74) is 2.34. The van der Waals surface area contributed by atoms with Gasteiger partial charge in [-0.15, -0.1) is 0 Å². The predicted octanol–water partition coefficient (Wildman–Crippen LogP) is 2.03. The summed E-state index contributed by atoms with van der Waals surface area (Å²) < 4.78 is 0. The fraction of sp³-hybridized carbons (Fsp3) is 0.455. The zero-order chi connectivity index (χ0) is 10.8. The maximum absolute atomic E-state index is 11.5. The number of aromatic nitrogens is 1. The van der Waals surface area contributed by atoms with Gasteiger partial charge in [-0.2, -0.15) is 0 Å². The lowest BCUT2D eigenvalue weighted by Crippen LogP contribution is -2.35. The number of nitrogens with zero attached hydrogens (tertiary/aromatic N) is 2. The van der Waals surface area contributed by atoms with Crippen LogP contribution in [0.15, 0.2) is 12.3 Å². The number of halogens is 1. The van der Waals surface area contributed by atoms with Crippen LogP contribution < -0.4 is 0 Å². The van der Waals surface area contributed by atoms with E-state index < -0.39 is 0 Å². The maximum Gasteiger partial charge on any atom is 0.222 e. The number of rotatable bonds is 1. The Labute approximate surface area is 94.1 Å². The molecule has 4 heteroatoms. The van der Waals surface area contributed by atoms with Crippen molar-refractivity contribution in [3.63, 3.8) is 0 Å². The number of carbonyl (C=O) groups is 1. The molecular weight excluding hydrogens is 212 g/mol. The van der Waals surface area contributed by atoms with Gasteiger partial charge >= 0.3 is 0 Å². The van der Waals surface area contributed by atoms with E-state index in [-0.39, 0.29) is 5.91 Å². The molecule has 0 unspecified atom stereocenters. The zero-order valence-electron chi connectivity index (χ0n) is 8.66. The van der Waals surface area contributed by atoms with E-state index in [4.69, 9.17) is 11.6 Å². The first-order valence-corrected chi connectivity index (χ1v) is 5.49. The molecule has 0 aromatic carbocycles. The summed E-state index contributed by atoms with van der Waals surface area (Å²) in [7, 11) is 0. The number of amides is 1. The van der Waals surface area contributed by atoms with Gasteiger partial charge in [0.25, 0.3) is 0 Å². The first-order chi connectivity index (χ1) is 7.20. The summed E-state index contributed by atoms with van der Waals surface area (Å²) in [6, 6.07) is 1.89. The maximum atomic E-state index is 11.5. The van der Waals surface area contributed by atoms with Crippen molar-refractivity contribution in [1.82, 2.24) is 9.88 Å². The summed E-state index contributed by atoms with van der Waals surface area (Å²) in [6.45, 7) is 3.35. The van der Waals surface area contributed by atoms with Crippen molar-refractivity contribution in [3.8, 4) is 0 Å². The molecule has 0 bridgehead atoms. The zero-order valence-corrected chi connectivity index (χ0v) is 9.42. The largest absolute Gasteiger partial charge is 0.338 e. The second-order valence-corrected chi connectivity index (χ2v) is 4.08. The highest BCUT2D eigenvalue weighted by molar-refractivity contribution is 6.29. The molecule has 1 aliphatic rings. The SMILES string of the molecule is CCC(=O)N1CCc2cc(Cl)ncc2C1. The van der Waals surface area contributed by atoms with Crippen LogP contribution in [0.1, 0.15) is 24.5 Å². The van der Waals surface area contributed by atoms with E-state index in [0.717, 1.165) is 18.5 Å². The van der Waals surface area contributed by atoms with Crippen molar-refractivity contribution in [1.29, 1.82) is 0 Å². The van der Waals surface area contributed by atoms with Crippen LogP contribution in [0.2, 0.25) is 5.15 Å². The Morgan fingerprint density at radius 2 is 2.40 bits per heavy atom. The van der Waals surface area contributed by atoms with Gasteiger partial charge in [0, 0.05) is 25.7 Å². The molecular formula is C11H13ClN2O. The number of pyridine rings is 1. The molecule has 0 saturated carbocycles. The Morgan fingerprint density at radius 3 is 3.13 bits per heavy atom. The minimum Gasteiger partial charge on any atom is -0.338 e. The van der Waals surface area contributed by atoms with Gasteiger partial charge in [-0.25, -0.2) is 4.98 Å². The van der Waals surface area contributed by atoms with Crippen molar-refractivity contribution in [2.24, 2.45) is 0 Å². The molecule has 3 nitrogen and oxygen atoms in total. The predicted molar refractivity (Wildman–Crippen MR) is 58.7 cm³/mol. The Hall–Kier alpha value is -1.09. The highest BCUT2D eigenvalue weighted by Crippen LogP contribution is 2.20. The molecule has 1 aromatic rings. The Balaban J connectivity index is 2.20. The van der Waals surface area contributed by atoms with Crippen LogP contribution in [0.3, 0.4) is 0 Å². The second-order valence-electron chi connectivity index (χ2n) is 3.69. The molecule has 0 saturated heterocycles. The summed E-state index contributed by atoms with van der Waals surface area (Å²) in [5.74, 6) is 0.204. The first-order valence-electron chi connectivity index (χ1n) is 5.11. The van der Waals surface area contributed by atoms with Gasteiger partial charge in [0.05, 0.1) is 0 Å². The average molecular weight is 225 g/mol. The number of carbonyl (C=O) groups excluding carboxylic acids is 1. The monoisotopic (exact) mass is 224 g/mol. The van der Waals surface area contributed by atoms with Gasteiger partial charge in [0.2, 0.25) is 5.91 Å². The van der Waals surface area contributed by atoms with Crippen molar-refractivity contribution in [3.05, 3.63) is 28.5 Å². The lowest BCUT2D eigenvalue weighted by molar-refractivity contribution is -0.131. The van der Waals surface area contributed by atoms with Crippen LogP contribution in [-0.4, -0.2) is 22.3 Å². The van der Waals surface area contributed by atoms with E-state index in [9.17, 15) is 4.79 Å². The fourth-order valence-electron chi connectivity index (χ4n) is 1.85. The average Bonchev–Trinajstić information content (AvgIpc) is 2.27. The number of hydrogen-bond donors (Lipinski definition) is 0. The minimum atomic E-state index is 0.204. The normalized spacial score (nSPS) is 14.9. The molecule has 1 aliphatic heterocycles. The van der Waals surface area contributed by atoms with Crippen molar-refractivity contribution in [2.45, 2.75) is 26.3 Å². The van der Waals surface area contributed by atoms with Crippen LogP contribution >= 0.6 is 11.6 Å². The Kier molecular flexibility index (Phi) is 2.91. The van der Waals surface area contributed by atoms with Gasteiger partial charge in [-0.3, -0.25) is 4.79 Å². The van der Waals surface area contributed by atoms with Crippen LogP contribution in [0.25, 0.3) is 0 Å². The van der Waals surface area contributed by atoms with E-state index in [2.05, 4.69) is 4.98 Å². The standard InChI is InChI=1S/C11H13ClN2O/c1-2-11(15)14-4-3-8-5-10(12)13-6-9(8)7-14/h5-6H,2-4,7H2,1H3. The lowest BCUT2D eigenvalue weighted by atomic mass is 10.0. The summed E-state index contributed by atoms with van der Waals surface area (Å²) in [6.07, 6.45) is 3.21. The molecule has 0 radical (unpaired) electrons. The smallest absolute Gasteiger partial charge is 0.222 e. The van der Waals surface area contributed by atoms with E-state index in [1.807, 2.05) is 17.9 Å². The summed E-state index contributed by atoms with van der Waals surface area (Å²) in [4.78, 5) is 17.4. The Morgan fingerprint density at radius 1 is 1.60 bits per heavy atom. The molecule has 0 spiro atoms. The highest BCUT2D eigenvalue weighted by Gasteiger charge is 2.19. The van der Waals surface area contributed by atoms with E-state index in [1.165, 1.54) is 5.56 Å². The molecule has 0 aliphatic carbocycles. The molecule has 0 fully saturated rings. The molecule has 1 aromatic heterocycles. The van der Waals surface area contributed by atoms with Crippen molar-refractivity contribution < 1.29 is 4.79 Å². The van der Waals surface area contributed by atoms with Crippen LogP contribution in [-0.2, 0) is 17.8 Å². The number of hydrogen-bond acceptors (Lipinski definition) is 2. The lowest BCUT2D eigenvalue weighted by Gasteiger charge is -2.28. The van der Waals surface area contributed by atoms with E-state index >= 15 is 0 Å². The van der Waals surface area contributed by atoms with Crippen molar-refractivity contribution in [2.75, 3.05) is 6.54 Å². The van der Waals surface area contributed by atoms with E-state index in [1.54, 1.807) is 6.20 Å². The van der Waals surface area contributed by atoms with Gasteiger partial charge in [-0.1, -0.05) is 18.5 Å². The molecule has 2 heterocycles. The molecule has 1 amide bonds. The fourth-order valence-corrected chi connectivity index (χ4v) is 2.03. The van der Waals surface area contributed by atoms with E-state index in [0.29, 0.717) is 18.1 Å². The first kappa shape index (κ1) is 10.4. The number of fused-ring (bicyclic) bond motifs is 1.